The van der Waals surface area contributed by atoms with Crippen molar-refractivity contribution in [3.05, 3.63) is 54.4 Å². The normalized spacial score (nSPS) is 17.9. The van der Waals surface area contributed by atoms with Gasteiger partial charge in [-0.2, -0.15) is 0 Å². The van der Waals surface area contributed by atoms with Gasteiger partial charge in [0.2, 0.25) is 0 Å². The monoisotopic (exact) mass is 295 g/mol. The molecule has 1 saturated heterocycles. The maximum absolute atomic E-state index is 12.3. The van der Waals surface area contributed by atoms with Gasteiger partial charge < -0.3 is 10.6 Å². The maximum Gasteiger partial charge on any atom is 0.252 e. The minimum absolute atomic E-state index is 0.0455. The summed E-state index contributed by atoms with van der Waals surface area (Å²) >= 11 is 0. The Labute approximate surface area is 131 Å². The molecule has 4 heteroatoms. The number of pyridine rings is 1. The Morgan fingerprint density at radius 2 is 2.09 bits per heavy atom. The number of hydrogen-bond acceptors (Lipinski definition) is 3. The fourth-order valence-electron chi connectivity index (χ4n) is 2.79. The molecule has 22 heavy (non-hydrogen) atoms. The van der Waals surface area contributed by atoms with Gasteiger partial charge in [-0.15, -0.1) is 0 Å². The zero-order valence-corrected chi connectivity index (χ0v) is 12.6. The minimum atomic E-state index is -0.0455. The molecule has 2 heterocycles. The molecule has 114 valence electrons. The molecule has 1 unspecified atom stereocenters. The predicted molar refractivity (Wildman–Crippen MR) is 87.6 cm³/mol. The third-order valence-corrected chi connectivity index (χ3v) is 4.06. The number of hydrogen-bond donors (Lipinski definition) is 2. The lowest BCUT2D eigenvalue weighted by molar-refractivity contribution is 0.0944. The van der Waals surface area contributed by atoms with Gasteiger partial charge in [0.25, 0.3) is 5.91 Å². The van der Waals surface area contributed by atoms with Crippen LogP contribution in [0.5, 0.6) is 0 Å². The number of carbonyl (C=O) groups is 1. The second-order valence-electron chi connectivity index (χ2n) is 5.75. The highest BCUT2D eigenvalue weighted by Gasteiger charge is 2.15. The summed E-state index contributed by atoms with van der Waals surface area (Å²) in [7, 11) is 0. The smallest absolute Gasteiger partial charge is 0.252 e. The lowest BCUT2D eigenvalue weighted by Gasteiger charge is -2.22. The average Bonchev–Trinajstić information content (AvgIpc) is 2.61. The molecule has 0 aliphatic carbocycles. The topological polar surface area (TPSA) is 54.0 Å². The van der Waals surface area contributed by atoms with E-state index in [1.54, 1.807) is 12.4 Å². The van der Waals surface area contributed by atoms with Gasteiger partial charge in [-0.25, -0.2) is 0 Å². The molecule has 3 rings (SSSR count). The molecule has 1 fully saturated rings. The summed E-state index contributed by atoms with van der Waals surface area (Å²) < 4.78 is 0. The van der Waals surface area contributed by atoms with Crippen LogP contribution in [0.2, 0.25) is 0 Å². The van der Waals surface area contributed by atoms with Gasteiger partial charge in [0.1, 0.15) is 0 Å². The Hall–Kier alpha value is -2.20. The number of rotatable bonds is 4. The molecular weight excluding hydrogens is 274 g/mol. The van der Waals surface area contributed by atoms with E-state index in [1.807, 2.05) is 36.4 Å². The van der Waals surface area contributed by atoms with Crippen LogP contribution in [0.1, 0.15) is 23.2 Å². The van der Waals surface area contributed by atoms with E-state index in [0.717, 1.165) is 30.8 Å². The summed E-state index contributed by atoms with van der Waals surface area (Å²) in [4.78, 5) is 16.5. The highest BCUT2D eigenvalue weighted by Crippen LogP contribution is 2.18. The third kappa shape index (κ3) is 3.71. The summed E-state index contributed by atoms with van der Waals surface area (Å²) in [6.45, 7) is 2.80. The van der Waals surface area contributed by atoms with Gasteiger partial charge in [0, 0.05) is 24.5 Å². The number of aromatic nitrogens is 1. The number of nitrogens with one attached hydrogen (secondary N) is 2. The second kappa shape index (κ2) is 7.18. The van der Waals surface area contributed by atoms with Crippen LogP contribution < -0.4 is 10.6 Å². The molecule has 0 spiro atoms. The van der Waals surface area contributed by atoms with Gasteiger partial charge in [-0.1, -0.05) is 30.3 Å². The summed E-state index contributed by atoms with van der Waals surface area (Å²) in [5, 5.41) is 6.39. The molecule has 0 radical (unpaired) electrons. The van der Waals surface area contributed by atoms with Crippen molar-refractivity contribution in [2.45, 2.75) is 12.8 Å². The van der Waals surface area contributed by atoms with Crippen molar-refractivity contribution >= 4 is 5.91 Å². The van der Waals surface area contributed by atoms with Gasteiger partial charge in [-0.05, 0) is 43.5 Å². The van der Waals surface area contributed by atoms with E-state index in [0.29, 0.717) is 11.5 Å². The molecule has 0 bridgehead atoms. The highest BCUT2D eigenvalue weighted by molar-refractivity contribution is 5.95. The lowest BCUT2D eigenvalue weighted by Crippen LogP contribution is -2.38. The third-order valence-electron chi connectivity index (χ3n) is 4.06. The van der Waals surface area contributed by atoms with Crippen LogP contribution in [0, 0.1) is 5.92 Å². The Kier molecular flexibility index (Phi) is 4.81. The zero-order chi connectivity index (χ0) is 15.2. The average molecular weight is 295 g/mol. The van der Waals surface area contributed by atoms with E-state index in [2.05, 4.69) is 15.6 Å². The molecular formula is C18H21N3O. The van der Waals surface area contributed by atoms with Crippen molar-refractivity contribution < 1.29 is 4.79 Å². The molecule has 1 atom stereocenters. The van der Waals surface area contributed by atoms with Gasteiger partial charge >= 0.3 is 0 Å². The van der Waals surface area contributed by atoms with Crippen molar-refractivity contribution in [2.24, 2.45) is 5.92 Å². The van der Waals surface area contributed by atoms with E-state index >= 15 is 0 Å². The second-order valence-corrected chi connectivity index (χ2v) is 5.75. The van der Waals surface area contributed by atoms with Crippen molar-refractivity contribution in [2.75, 3.05) is 19.6 Å². The Morgan fingerprint density at radius 3 is 2.86 bits per heavy atom. The standard InChI is InChI=1S/C18H21N3O/c22-18(21-11-14-5-4-8-19-10-14)17-9-16(12-20-13-17)15-6-2-1-3-7-15/h1-3,6-7,9,12-14,19H,4-5,8,10-11H2,(H,21,22). The summed E-state index contributed by atoms with van der Waals surface area (Å²) in [5.74, 6) is 0.485. The van der Waals surface area contributed by atoms with Gasteiger partial charge in [0.15, 0.2) is 0 Å². The lowest BCUT2D eigenvalue weighted by atomic mass is 9.99. The molecule has 1 amide bonds. The van der Waals surface area contributed by atoms with Crippen molar-refractivity contribution in [3.8, 4) is 11.1 Å². The van der Waals surface area contributed by atoms with Crippen LogP contribution >= 0.6 is 0 Å². The van der Waals surface area contributed by atoms with E-state index in [4.69, 9.17) is 0 Å². The van der Waals surface area contributed by atoms with Crippen molar-refractivity contribution in [3.63, 3.8) is 0 Å². The van der Waals surface area contributed by atoms with E-state index in [1.165, 1.54) is 12.8 Å². The Morgan fingerprint density at radius 1 is 1.23 bits per heavy atom. The minimum Gasteiger partial charge on any atom is -0.352 e. The highest BCUT2D eigenvalue weighted by atomic mass is 16.1. The molecule has 1 aromatic carbocycles. The first-order chi connectivity index (χ1) is 10.8. The first-order valence-corrected chi connectivity index (χ1v) is 7.82. The van der Waals surface area contributed by atoms with Crippen LogP contribution in [0.3, 0.4) is 0 Å². The SMILES string of the molecule is O=C(NCC1CCCNC1)c1cncc(-c2ccccc2)c1. The molecule has 1 aliphatic heterocycles. The van der Waals surface area contributed by atoms with Crippen molar-refractivity contribution in [1.29, 1.82) is 0 Å². The van der Waals surface area contributed by atoms with Crippen LogP contribution in [-0.4, -0.2) is 30.5 Å². The number of piperidine rings is 1. The number of carbonyl (C=O) groups excluding carboxylic acids is 1. The number of benzene rings is 1. The van der Waals surface area contributed by atoms with Crippen LogP contribution in [-0.2, 0) is 0 Å². The van der Waals surface area contributed by atoms with Gasteiger partial charge in [0.05, 0.1) is 5.56 Å². The molecule has 1 aliphatic rings. The first kappa shape index (κ1) is 14.7. The van der Waals surface area contributed by atoms with E-state index in [-0.39, 0.29) is 5.91 Å². The number of amides is 1. The van der Waals surface area contributed by atoms with E-state index < -0.39 is 0 Å². The molecule has 4 nitrogen and oxygen atoms in total. The van der Waals surface area contributed by atoms with Crippen LogP contribution in [0.15, 0.2) is 48.8 Å². The fraction of sp³-hybridized carbons (Fsp3) is 0.333. The van der Waals surface area contributed by atoms with Crippen molar-refractivity contribution in [1.82, 2.24) is 15.6 Å². The van der Waals surface area contributed by atoms with E-state index in [9.17, 15) is 4.79 Å². The zero-order valence-electron chi connectivity index (χ0n) is 12.6. The Balaban J connectivity index is 1.65. The molecule has 0 saturated carbocycles. The number of nitrogens with zero attached hydrogens (tertiary/aromatic N) is 1. The summed E-state index contributed by atoms with van der Waals surface area (Å²) in [6.07, 6.45) is 5.78. The predicted octanol–water partition coefficient (Wildman–Crippen LogP) is 2.48. The summed E-state index contributed by atoms with van der Waals surface area (Å²) in [6, 6.07) is 11.9. The molecule has 2 aromatic rings. The van der Waals surface area contributed by atoms with Crippen LogP contribution in [0.4, 0.5) is 0 Å². The molecule has 2 N–H and O–H groups in total. The quantitative estimate of drug-likeness (QED) is 0.911. The summed E-state index contributed by atoms with van der Waals surface area (Å²) in [5.41, 5.74) is 2.65. The fourth-order valence-corrected chi connectivity index (χ4v) is 2.79. The molecule has 1 aromatic heterocycles. The Bertz CT molecular complexity index is 621. The van der Waals surface area contributed by atoms with Gasteiger partial charge in [-0.3, -0.25) is 9.78 Å². The maximum atomic E-state index is 12.3. The largest absolute Gasteiger partial charge is 0.352 e. The first-order valence-electron chi connectivity index (χ1n) is 7.82. The van der Waals surface area contributed by atoms with Crippen LogP contribution in [0.25, 0.3) is 11.1 Å².